The number of aromatic nitrogens is 4. The second-order valence-corrected chi connectivity index (χ2v) is 6.34. The van der Waals surface area contributed by atoms with Crippen LogP contribution in [0.25, 0.3) is 5.65 Å². The average molecular weight is 302 g/mol. The summed E-state index contributed by atoms with van der Waals surface area (Å²) in [6, 6.07) is 4.59. The minimum atomic E-state index is 0.424. The monoisotopic (exact) mass is 302 g/mol. The van der Waals surface area contributed by atoms with Gasteiger partial charge in [0, 0.05) is 32.3 Å². The molecule has 118 valence electrons. The Morgan fingerprint density at radius 2 is 2.18 bits per heavy atom. The van der Waals surface area contributed by atoms with Crippen molar-refractivity contribution in [2.24, 2.45) is 0 Å². The first-order valence-corrected chi connectivity index (χ1v) is 7.96. The third-order valence-electron chi connectivity index (χ3n) is 4.73. The van der Waals surface area contributed by atoms with Crippen molar-refractivity contribution in [3.63, 3.8) is 0 Å². The molecule has 0 amide bonds. The summed E-state index contributed by atoms with van der Waals surface area (Å²) in [7, 11) is 2.20. The zero-order chi connectivity index (χ0) is 15.1. The molecule has 0 aliphatic carbocycles. The Balaban J connectivity index is 1.38. The molecule has 2 saturated heterocycles. The molecule has 0 N–H and O–H groups in total. The molecule has 0 saturated carbocycles. The van der Waals surface area contributed by atoms with E-state index in [4.69, 9.17) is 4.74 Å². The largest absolute Gasteiger partial charge is 0.377 e. The molecule has 22 heavy (non-hydrogen) atoms. The minimum absolute atomic E-state index is 0.424. The summed E-state index contributed by atoms with van der Waals surface area (Å²) in [6.07, 6.45) is 2.83. The van der Waals surface area contributed by atoms with Crippen LogP contribution < -0.4 is 4.90 Å². The smallest absolute Gasteiger partial charge is 0.178 e. The van der Waals surface area contributed by atoms with Crippen LogP contribution in [0.4, 0.5) is 5.82 Å². The number of aryl methyl sites for hydroxylation is 1. The van der Waals surface area contributed by atoms with Gasteiger partial charge in [-0.05, 0) is 38.9 Å². The van der Waals surface area contributed by atoms with Crippen LogP contribution >= 0.6 is 0 Å². The second kappa shape index (κ2) is 5.48. The summed E-state index contributed by atoms with van der Waals surface area (Å²) < 4.78 is 7.53. The summed E-state index contributed by atoms with van der Waals surface area (Å²) in [5, 5.41) is 12.8. The molecule has 2 aliphatic rings. The van der Waals surface area contributed by atoms with Crippen LogP contribution in [-0.4, -0.2) is 70.1 Å². The van der Waals surface area contributed by atoms with Gasteiger partial charge in [0.2, 0.25) is 0 Å². The molecule has 0 aromatic carbocycles. The predicted molar refractivity (Wildman–Crippen MR) is 83.1 cm³/mol. The van der Waals surface area contributed by atoms with Crippen LogP contribution in [-0.2, 0) is 4.74 Å². The number of anilines is 1. The van der Waals surface area contributed by atoms with Crippen molar-refractivity contribution in [1.82, 2.24) is 24.7 Å². The standard InChI is InChI=1S/C15H22N6O/c1-11-16-17-14-5-6-15(18-21(11)14)20-8-12(9-20)19(2)10-13-4-3-7-22-13/h5-6,12-13H,3-4,7-10H2,1-2H3. The number of fused-ring (bicyclic) bond motifs is 1. The highest BCUT2D eigenvalue weighted by molar-refractivity contribution is 5.47. The summed E-state index contributed by atoms with van der Waals surface area (Å²) >= 11 is 0. The minimum Gasteiger partial charge on any atom is -0.377 e. The zero-order valence-corrected chi connectivity index (χ0v) is 13.1. The molecule has 0 bridgehead atoms. The Hall–Kier alpha value is -1.73. The number of hydrogen-bond acceptors (Lipinski definition) is 6. The molecule has 2 aliphatic heterocycles. The second-order valence-electron chi connectivity index (χ2n) is 6.34. The number of nitrogens with zero attached hydrogens (tertiary/aromatic N) is 6. The molecule has 4 rings (SSSR count). The maximum Gasteiger partial charge on any atom is 0.178 e. The van der Waals surface area contributed by atoms with Gasteiger partial charge in [-0.15, -0.1) is 15.3 Å². The van der Waals surface area contributed by atoms with E-state index >= 15 is 0 Å². The van der Waals surface area contributed by atoms with E-state index in [-0.39, 0.29) is 0 Å². The van der Waals surface area contributed by atoms with Gasteiger partial charge in [0.05, 0.1) is 6.10 Å². The van der Waals surface area contributed by atoms with Crippen molar-refractivity contribution in [2.75, 3.05) is 38.2 Å². The van der Waals surface area contributed by atoms with Crippen LogP contribution in [0.1, 0.15) is 18.7 Å². The molecule has 0 radical (unpaired) electrons. The van der Waals surface area contributed by atoms with Crippen molar-refractivity contribution >= 4 is 11.5 Å². The topological polar surface area (TPSA) is 58.8 Å². The lowest BCUT2D eigenvalue weighted by atomic mass is 10.1. The molecule has 2 aromatic heterocycles. The maximum atomic E-state index is 5.72. The van der Waals surface area contributed by atoms with E-state index in [2.05, 4.69) is 32.1 Å². The third-order valence-corrected chi connectivity index (χ3v) is 4.73. The molecule has 2 aromatic rings. The van der Waals surface area contributed by atoms with Crippen molar-refractivity contribution in [2.45, 2.75) is 31.9 Å². The highest BCUT2D eigenvalue weighted by Crippen LogP contribution is 2.23. The normalized spacial score (nSPS) is 22.7. The summed E-state index contributed by atoms with van der Waals surface area (Å²) in [4.78, 5) is 4.73. The number of likely N-dealkylation sites (N-methyl/N-ethyl adjacent to an activating group) is 1. The number of hydrogen-bond donors (Lipinski definition) is 0. The number of rotatable bonds is 4. The third kappa shape index (κ3) is 2.44. The highest BCUT2D eigenvalue weighted by atomic mass is 16.5. The van der Waals surface area contributed by atoms with Crippen molar-refractivity contribution in [1.29, 1.82) is 0 Å². The quantitative estimate of drug-likeness (QED) is 0.830. The molecule has 7 heteroatoms. The Morgan fingerprint density at radius 1 is 1.32 bits per heavy atom. The SMILES string of the molecule is Cc1nnc2ccc(N3CC(N(C)CC4CCCO4)C3)nn12. The zero-order valence-electron chi connectivity index (χ0n) is 13.1. The Morgan fingerprint density at radius 3 is 2.95 bits per heavy atom. The van der Waals surface area contributed by atoms with Gasteiger partial charge < -0.3 is 9.64 Å². The van der Waals surface area contributed by atoms with Gasteiger partial charge in [-0.3, -0.25) is 4.90 Å². The van der Waals surface area contributed by atoms with E-state index in [1.807, 2.05) is 19.1 Å². The van der Waals surface area contributed by atoms with Gasteiger partial charge in [-0.2, -0.15) is 4.52 Å². The van der Waals surface area contributed by atoms with Crippen LogP contribution in [0, 0.1) is 6.92 Å². The van der Waals surface area contributed by atoms with Gasteiger partial charge >= 0.3 is 0 Å². The Labute approximate surface area is 129 Å². The van der Waals surface area contributed by atoms with Gasteiger partial charge in [-0.25, -0.2) is 0 Å². The lowest BCUT2D eigenvalue weighted by Crippen LogP contribution is -2.59. The fourth-order valence-electron chi connectivity index (χ4n) is 3.23. The van der Waals surface area contributed by atoms with E-state index < -0.39 is 0 Å². The average Bonchev–Trinajstić information content (AvgIpc) is 3.08. The van der Waals surface area contributed by atoms with Crippen LogP contribution in [0.2, 0.25) is 0 Å². The van der Waals surface area contributed by atoms with Crippen LogP contribution in [0.5, 0.6) is 0 Å². The van der Waals surface area contributed by atoms with E-state index in [0.29, 0.717) is 12.1 Å². The van der Waals surface area contributed by atoms with E-state index in [0.717, 1.165) is 43.5 Å². The Bertz CT molecular complexity index is 659. The van der Waals surface area contributed by atoms with Crippen LogP contribution in [0.15, 0.2) is 12.1 Å². The predicted octanol–water partition coefficient (Wildman–Crippen LogP) is 0.732. The fourth-order valence-corrected chi connectivity index (χ4v) is 3.23. The van der Waals surface area contributed by atoms with Gasteiger partial charge in [0.25, 0.3) is 0 Å². The molecule has 0 spiro atoms. The Kier molecular flexibility index (Phi) is 3.46. The molecule has 2 fully saturated rings. The van der Waals surface area contributed by atoms with Gasteiger partial charge in [0.15, 0.2) is 11.5 Å². The van der Waals surface area contributed by atoms with E-state index in [1.54, 1.807) is 4.52 Å². The van der Waals surface area contributed by atoms with Crippen LogP contribution in [0.3, 0.4) is 0 Å². The van der Waals surface area contributed by atoms with Crippen molar-refractivity contribution < 1.29 is 4.74 Å². The summed E-state index contributed by atoms with van der Waals surface area (Å²) in [5.74, 6) is 1.82. The summed E-state index contributed by atoms with van der Waals surface area (Å²) in [6.45, 7) is 5.92. The van der Waals surface area contributed by atoms with E-state index in [9.17, 15) is 0 Å². The van der Waals surface area contributed by atoms with Gasteiger partial charge in [0.1, 0.15) is 5.82 Å². The molecule has 1 unspecified atom stereocenters. The van der Waals surface area contributed by atoms with E-state index in [1.165, 1.54) is 12.8 Å². The lowest BCUT2D eigenvalue weighted by Gasteiger charge is -2.45. The molecule has 1 atom stereocenters. The fraction of sp³-hybridized carbons (Fsp3) is 0.667. The first-order valence-electron chi connectivity index (χ1n) is 7.96. The first kappa shape index (κ1) is 13.9. The molecule has 4 heterocycles. The van der Waals surface area contributed by atoms with Crippen molar-refractivity contribution in [3.05, 3.63) is 18.0 Å². The van der Waals surface area contributed by atoms with Crippen molar-refractivity contribution in [3.8, 4) is 0 Å². The first-order chi connectivity index (χ1) is 10.7. The highest BCUT2D eigenvalue weighted by Gasteiger charge is 2.32. The maximum absolute atomic E-state index is 5.72. The molecular formula is C15H22N6O. The number of ether oxygens (including phenoxy) is 1. The lowest BCUT2D eigenvalue weighted by molar-refractivity contribution is 0.0627. The molecule has 7 nitrogen and oxygen atoms in total. The molecular weight excluding hydrogens is 280 g/mol. The summed E-state index contributed by atoms with van der Waals surface area (Å²) in [5.41, 5.74) is 0.800. The van der Waals surface area contributed by atoms with Gasteiger partial charge in [-0.1, -0.05) is 0 Å².